The molecule has 1 nitrogen and oxygen atoms in total. The molecule has 2 unspecified atom stereocenters. The summed E-state index contributed by atoms with van der Waals surface area (Å²) in [5, 5.41) is 3.34. The van der Waals surface area contributed by atoms with E-state index in [1.807, 2.05) is 7.05 Å². The Morgan fingerprint density at radius 2 is 2.31 bits per heavy atom. The average molecular weight is 179 g/mol. The molecule has 0 fully saturated rings. The van der Waals surface area contributed by atoms with Gasteiger partial charge in [0.2, 0.25) is 0 Å². The average Bonchev–Trinajstić information content (AvgIpc) is 2.28. The number of allylic oxidation sites excluding steroid dienone is 3. The molecule has 0 aromatic carbocycles. The number of nitrogens with one attached hydrogen (secondary N) is 1. The van der Waals surface area contributed by atoms with Crippen molar-refractivity contribution >= 4 is 0 Å². The quantitative estimate of drug-likeness (QED) is 0.702. The van der Waals surface area contributed by atoms with E-state index in [0.717, 1.165) is 5.92 Å². The SMILES string of the molecule is CCCC1=CC=CC(NC)C(C)C1. The van der Waals surface area contributed by atoms with Crippen LogP contribution in [0.4, 0.5) is 0 Å². The summed E-state index contributed by atoms with van der Waals surface area (Å²) < 4.78 is 0. The maximum absolute atomic E-state index is 3.34. The monoisotopic (exact) mass is 179 g/mol. The molecule has 1 aliphatic carbocycles. The van der Waals surface area contributed by atoms with E-state index in [0.29, 0.717) is 6.04 Å². The van der Waals surface area contributed by atoms with Crippen molar-refractivity contribution in [3.63, 3.8) is 0 Å². The number of likely N-dealkylation sites (N-methyl/N-ethyl adjacent to an activating group) is 1. The third-order valence-electron chi connectivity index (χ3n) is 2.75. The molecule has 1 aliphatic rings. The predicted molar refractivity (Wildman–Crippen MR) is 58.8 cm³/mol. The minimum Gasteiger partial charge on any atom is -0.313 e. The third kappa shape index (κ3) is 3.00. The Balaban J connectivity index is 2.58. The molecule has 74 valence electrons. The molecule has 0 aromatic heterocycles. The molecule has 2 atom stereocenters. The van der Waals surface area contributed by atoms with E-state index in [1.165, 1.54) is 19.3 Å². The highest BCUT2D eigenvalue weighted by Crippen LogP contribution is 2.22. The lowest BCUT2D eigenvalue weighted by atomic mass is 9.94. The zero-order chi connectivity index (χ0) is 9.68. The van der Waals surface area contributed by atoms with Crippen LogP contribution in [0.3, 0.4) is 0 Å². The molecule has 1 rings (SSSR count). The van der Waals surface area contributed by atoms with Gasteiger partial charge in [-0.3, -0.25) is 0 Å². The Kier molecular flexibility index (Phi) is 4.23. The summed E-state index contributed by atoms with van der Waals surface area (Å²) in [6, 6.07) is 0.547. The Hall–Kier alpha value is -0.560. The van der Waals surface area contributed by atoms with E-state index in [9.17, 15) is 0 Å². The van der Waals surface area contributed by atoms with Crippen LogP contribution >= 0.6 is 0 Å². The van der Waals surface area contributed by atoms with E-state index in [-0.39, 0.29) is 0 Å². The molecule has 13 heavy (non-hydrogen) atoms. The van der Waals surface area contributed by atoms with Gasteiger partial charge in [0.25, 0.3) is 0 Å². The minimum absolute atomic E-state index is 0.547. The molecule has 0 heterocycles. The molecular formula is C12H21N. The molecular weight excluding hydrogens is 158 g/mol. The predicted octanol–water partition coefficient (Wildman–Crippen LogP) is 2.90. The van der Waals surface area contributed by atoms with Crippen LogP contribution in [-0.2, 0) is 0 Å². The van der Waals surface area contributed by atoms with Crippen molar-refractivity contribution in [3.05, 3.63) is 23.8 Å². The lowest BCUT2D eigenvalue weighted by molar-refractivity contribution is 0.456. The van der Waals surface area contributed by atoms with Gasteiger partial charge in [-0.05, 0) is 25.8 Å². The van der Waals surface area contributed by atoms with Crippen molar-refractivity contribution in [2.45, 2.75) is 39.2 Å². The van der Waals surface area contributed by atoms with Crippen LogP contribution in [0.1, 0.15) is 33.1 Å². The fourth-order valence-electron chi connectivity index (χ4n) is 2.00. The van der Waals surface area contributed by atoms with E-state index in [1.54, 1.807) is 5.57 Å². The Bertz CT molecular complexity index is 203. The van der Waals surface area contributed by atoms with Crippen LogP contribution in [0.2, 0.25) is 0 Å². The first-order chi connectivity index (χ1) is 6.27. The highest BCUT2D eigenvalue weighted by molar-refractivity contribution is 5.19. The molecule has 0 aliphatic heterocycles. The van der Waals surface area contributed by atoms with E-state index in [4.69, 9.17) is 0 Å². The molecule has 0 bridgehead atoms. The van der Waals surface area contributed by atoms with Gasteiger partial charge in [-0.25, -0.2) is 0 Å². The van der Waals surface area contributed by atoms with Gasteiger partial charge in [0, 0.05) is 6.04 Å². The molecule has 0 radical (unpaired) electrons. The Labute approximate surface area is 81.9 Å². The van der Waals surface area contributed by atoms with Crippen LogP contribution in [0, 0.1) is 5.92 Å². The summed E-state index contributed by atoms with van der Waals surface area (Å²) in [5.41, 5.74) is 1.60. The first kappa shape index (κ1) is 10.5. The van der Waals surface area contributed by atoms with Crippen LogP contribution < -0.4 is 5.32 Å². The summed E-state index contributed by atoms with van der Waals surface area (Å²) in [5.74, 6) is 0.724. The first-order valence-electron chi connectivity index (χ1n) is 5.31. The van der Waals surface area contributed by atoms with Gasteiger partial charge in [0.05, 0.1) is 0 Å². The van der Waals surface area contributed by atoms with Crippen molar-refractivity contribution in [2.75, 3.05) is 7.05 Å². The zero-order valence-corrected chi connectivity index (χ0v) is 9.01. The minimum atomic E-state index is 0.547. The fraction of sp³-hybridized carbons (Fsp3) is 0.667. The van der Waals surface area contributed by atoms with Crippen LogP contribution in [0.25, 0.3) is 0 Å². The Morgan fingerprint density at radius 3 is 2.92 bits per heavy atom. The molecule has 0 saturated heterocycles. The molecule has 0 spiro atoms. The zero-order valence-electron chi connectivity index (χ0n) is 9.01. The van der Waals surface area contributed by atoms with Crippen molar-refractivity contribution in [3.8, 4) is 0 Å². The van der Waals surface area contributed by atoms with Gasteiger partial charge >= 0.3 is 0 Å². The fourth-order valence-corrected chi connectivity index (χ4v) is 2.00. The van der Waals surface area contributed by atoms with Crippen molar-refractivity contribution in [1.82, 2.24) is 5.32 Å². The van der Waals surface area contributed by atoms with Crippen molar-refractivity contribution in [1.29, 1.82) is 0 Å². The lowest BCUT2D eigenvalue weighted by Gasteiger charge is -2.19. The van der Waals surface area contributed by atoms with E-state index >= 15 is 0 Å². The summed E-state index contributed by atoms with van der Waals surface area (Å²) in [6.45, 7) is 4.57. The summed E-state index contributed by atoms with van der Waals surface area (Å²) in [7, 11) is 2.04. The number of rotatable bonds is 3. The van der Waals surface area contributed by atoms with E-state index in [2.05, 4.69) is 37.4 Å². The lowest BCUT2D eigenvalue weighted by Crippen LogP contribution is -2.29. The third-order valence-corrected chi connectivity index (χ3v) is 2.75. The van der Waals surface area contributed by atoms with Crippen molar-refractivity contribution in [2.24, 2.45) is 5.92 Å². The molecule has 0 saturated carbocycles. The van der Waals surface area contributed by atoms with Gasteiger partial charge in [-0.15, -0.1) is 0 Å². The maximum Gasteiger partial charge on any atom is 0.0279 e. The summed E-state index contributed by atoms with van der Waals surface area (Å²) in [4.78, 5) is 0. The summed E-state index contributed by atoms with van der Waals surface area (Å²) in [6.07, 6.45) is 10.5. The molecule has 1 heteroatoms. The van der Waals surface area contributed by atoms with E-state index < -0.39 is 0 Å². The molecule has 1 N–H and O–H groups in total. The highest BCUT2D eigenvalue weighted by Gasteiger charge is 2.15. The normalized spacial score (nSPS) is 28.4. The van der Waals surface area contributed by atoms with Gasteiger partial charge < -0.3 is 5.32 Å². The molecule has 0 amide bonds. The van der Waals surface area contributed by atoms with Gasteiger partial charge in [0.1, 0.15) is 0 Å². The smallest absolute Gasteiger partial charge is 0.0279 e. The number of hydrogen-bond acceptors (Lipinski definition) is 1. The molecule has 0 aromatic rings. The van der Waals surface area contributed by atoms with Crippen LogP contribution in [0.5, 0.6) is 0 Å². The number of hydrogen-bond donors (Lipinski definition) is 1. The van der Waals surface area contributed by atoms with Gasteiger partial charge in [-0.1, -0.05) is 44.1 Å². The van der Waals surface area contributed by atoms with Crippen LogP contribution in [-0.4, -0.2) is 13.1 Å². The van der Waals surface area contributed by atoms with Crippen molar-refractivity contribution < 1.29 is 0 Å². The topological polar surface area (TPSA) is 12.0 Å². The summed E-state index contributed by atoms with van der Waals surface area (Å²) >= 11 is 0. The Morgan fingerprint density at radius 1 is 1.54 bits per heavy atom. The highest BCUT2D eigenvalue weighted by atomic mass is 14.9. The second-order valence-corrected chi connectivity index (χ2v) is 3.96. The standard InChI is InChI=1S/C12H21N/c1-4-6-11-7-5-8-12(13-3)10(2)9-11/h5,7-8,10,12-13H,4,6,9H2,1-3H3. The second kappa shape index (κ2) is 5.23. The van der Waals surface area contributed by atoms with Crippen LogP contribution in [0.15, 0.2) is 23.8 Å². The largest absolute Gasteiger partial charge is 0.313 e. The first-order valence-corrected chi connectivity index (χ1v) is 5.31. The maximum atomic E-state index is 3.34. The second-order valence-electron chi connectivity index (χ2n) is 3.96. The van der Waals surface area contributed by atoms with Gasteiger partial charge in [-0.2, -0.15) is 0 Å². The van der Waals surface area contributed by atoms with Gasteiger partial charge in [0.15, 0.2) is 0 Å².